The SMILES string of the molecule is CCOC(=O)c1cc(CC)c(C2CC2)nc1C(C)C. The van der Waals surface area contributed by atoms with Crippen molar-refractivity contribution in [2.45, 2.75) is 58.8 Å². The summed E-state index contributed by atoms with van der Waals surface area (Å²) in [5.74, 6) is 0.613. The number of pyridine rings is 1. The molecule has 1 aliphatic carbocycles. The van der Waals surface area contributed by atoms with Gasteiger partial charge in [0.1, 0.15) is 0 Å². The summed E-state index contributed by atoms with van der Waals surface area (Å²) in [5.41, 5.74) is 3.95. The number of aromatic nitrogens is 1. The van der Waals surface area contributed by atoms with Crippen LogP contribution in [0.25, 0.3) is 0 Å². The van der Waals surface area contributed by atoms with Gasteiger partial charge in [0, 0.05) is 11.6 Å². The Morgan fingerprint density at radius 2 is 2.11 bits per heavy atom. The van der Waals surface area contributed by atoms with Crippen LogP contribution in [0.5, 0.6) is 0 Å². The molecule has 1 saturated carbocycles. The summed E-state index contributed by atoms with van der Waals surface area (Å²) in [6, 6.07) is 2.01. The third-order valence-corrected chi connectivity index (χ3v) is 3.55. The van der Waals surface area contributed by atoms with Crippen molar-refractivity contribution in [3.63, 3.8) is 0 Å². The summed E-state index contributed by atoms with van der Waals surface area (Å²) in [6.07, 6.45) is 3.39. The van der Waals surface area contributed by atoms with Crippen LogP contribution in [0.15, 0.2) is 6.07 Å². The summed E-state index contributed by atoms with van der Waals surface area (Å²) in [4.78, 5) is 16.9. The van der Waals surface area contributed by atoms with Gasteiger partial charge in [-0.05, 0) is 43.7 Å². The van der Waals surface area contributed by atoms with E-state index in [4.69, 9.17) is 9.72 Å². The maximum Gasteiger partial charge on any atom is 0.339 e. The lowest BCUT2D eigenvalue weighted by molar-refractivity contribution is 0.0523. The predicted octanol–water partition coefficient (Wildman–Crippen LogP) is 3.82. The first-order valence-corrected chi connectivity index (χ1v) is 7.29. The molecule has 104 valence electrons. The van der Waals surface area contributed by atoms with Crippen LogP contribution < -0.4 is 0 Å². The van der Waals surface area contributed by atoms with Gasteiger partial charge in [-0.25, -0.2) is 4.79 Å². The number of carbonyl (C=O) groups is 1. The lowest BCUT2D eigenvalue weighted by Gasteiger charge is -2.16. The van der Waals surface area contributed by atoms with Gasteiger partial charge in [0.25, 0.3) is 0 Å². The lowest BCUT2D eigenvalue weighted by Crippen LogP contribution is -2.13. The molecule has 1 fully saturated rings. The zero-order valence-corrected chi connectivity index (χ0v) is 12.3. The fraction of sp³-hybridized carbons (Fsp3) is 0.625. The highest BCUT2D eigenvalue weighted by Crippen LogP contribution is 2.41. The van der Waals surface area contributed by atoms with E-state index in [2.05, 4.69) is 20.8 Å². The first kappa shape index (κ1) is 14.0. The molecule has 0 atom stereocenters. The first-order chi connectivity index (χ1) is 9.08. The highest BCUT2D eigenvalue weighted by atomic mass is 16.5. The molecule has 1 heterocycles. The molecule has 0 amide bonds. The maximum absolute atomic E-state index is 12.1. The lowest BCUT2D eigenvalue weighted by atomic mass is 9.98. The molecule has 0 unspecified atom stereocenters. The van der Waals surface area contributed by atoms with Gasteiger partial charge < -0.3 is 4.74 Å². The van der Waals surface area contributed by atoms with E-state index in [9.17, 15) is 4.79 Å². The van der Waals surface area contributed by atoms with Gasteiger partial charge >= 0.3 is 5.97 Å². The Labute approximate surface area is 115 Å². The Kier molecular flexibility index (Phi) is 4.23. The summed E-state index contributed by atoms with van der Waals surface area (Å²) < 4.78 is 5.16. The van der Waals surface area contributed by atoms with Crippen molar-refractivity contribution in [3.05, 3.63) is 28.6 Å². The van der Waals surface area contributed by atoms with Crippen molar-refractivity contribution in [1.29, 1.82) is 0 Å². The van der Waals surface area contributed by atoms with Crippen LogP contribution in [0.1, 0.15) is 79.7 Å². The van der Waals surface area contributed by atoms with E-state index in [1.165, 1.54) is 24.1 Å². The van der Waals surface area contributed by atoms with E-state index in [-0.39, 0.29) is 11.9 Å². The monoisotopic (exact) mass is 261 g/mol. The minimum absolute atomic E-state index is 0.239. The minimum Gasteiger partial charge on any atom is -0.462 e. The quantitative estimate of drug-likeness (QED) is 0.756. The van der Waals surface area contributed by atoms with Gasteiger partial charge in [-0.2, -0.15) is 0 Å². The molecule has 0 radical (unpaired) electrons. The molecule has 2 rings (SSSR count). The molecule has 3 nitrogen and oxygen atoms in total. The molecule has 0 saturated heterocycles. The van der Waals surface area contributed by atoms with Crippen LogP contribution in [0, 0.1) is 0 Å². The van der Waals surface area contributed by atoms with Crippen molar-refractivity contribution in [2.75, 3.05) is 6.61 Å². The van der Waals surface area contributed by atoms with Crippen molar-refractivity contribution < 1.29 is 9.53 Å². The van der Waals surface area contributed by atoms with Gasteiger partial charge in [-0.1, -0.05) is 20.8 Å². The summed E-state index contributed by atoms with van der Waals surface area (Å²) in [7, 11) is 0. The van der Waals surface area contributed by atoms with Crippen LogP contribution in [-0.2, 0) is 11.2 Å². The third-order valence-electron chi connectivity index (χ3n) is 3.55. The van der Waals surface area contributed by atoms with Gasteiger partial charge in [0.2, 0.25) is 0 Å². The molecular formula is C16H23NO2. The van der Waals surface area contributed by atoms with Crippen molar-refractivity contribution in [1.82, 2.24) is 4.98 Å². The summed E-state index contributed by atoms with van der Waals surface area (Å²) >= 11 is 0. The van der Waals surface area contributed by atoms with Gasteiger partial charge in [0.15, 0.2) is 0 Å². The van der Waals surface area contributed by atoms with Gasteiger partial charge in [0.05, 0.1) is 17.9 Å². The van der Waals surface area contributed by atoms with Crippen LogP contribution in [0.2, 0.25) is 0 Å². The molecule has 19 heavy (non-hydrogen) atoms. The van der Waals surface area contributed by atoms with Crippen LogP contribution in [0.4, 0.5) is 0 Å². The Bertz CT molecular complexity index is 476. The summed E-state index contributed by atoms with van der Waals surface area (Å²) in [5, 5.41) is 0. The Morgan fingerprint density at radius 1 is 1.42 bits per heavy atom. The largest absolute Gasteiger partial charge is 0.462 e. The van der Waals surface area contributed by atoms with Gasteiger partial charge in [-0.3, -0.25) is 4.98 Å². The topological polar surface area (TPSA) is 39.2 Å². The molecular weight excluding hydrogens is 238 g/mol. The zero-order chi connectivity index (χ0) is 14.0. The molecule has 1 aliphatic rings. The number of aryl methyl sites for hydroxylation is 1. The number of esters is 1. The Morgan fingerprint density at radius 3 is 2.58 bits per heavy atom. The zero-order valence-electron chi connectivity index (χ0n) is 12.3. The number of carbonyl (C=O) groups excluding carboxylic acids is 1. The Balaban J connectivity index is 2.48. The van der Waals surface area contributed by atoms with Crippen LogP contribution in [0.3, 0.4) is 0 Å². The van der Waals surface area contributed by atoms with E-state index < -0.39 is 0 Å². The fourth-order valence-electron chi connectivity index (χ4n) is 2.39. The third kappa shape index (κ3) is 2.96. The van der Waals surface area contributed by atoms with E-state index in [0.717, 1.165) is 12.1 Å². The first-order valence-electron chi connectivity index (χ1n) is 7.29. The molecule has 0 spiro atoms. The number of hydrogen-bond donors (Lipinski definition) is 0. The number of ether oxygens (including phenoxy) is 1. The second-order valence-electron chi connectivity index (χ2n) is 5.47. The second-order valence-corrected chi connectivity index (χ2v) is 5.47. The number of hydrogen-bond acceptors (Lipinski definition) is 3. The highest BCUT2D eigenvalue weighted by molar-refractivity contribution is 5.91. The van der Waals surface area contributed by atoms with E-state index in [1.807, 2.05) is 13.0 Å². The fourth-order valence-corrected chi connectivity index (χ4v) is 2.39. The van der Waals surface area contributed by atoms with Crippen LogP contribution >= 0.6 is 0 Å². The molecule has 1 aromatic rings. The number of nitrogens with zero attached hydrogens (tertiary/aromatic N) is 1. The van der Waals surface area contributed by atoms with Crippen molar-refractivity contribution in [2.24, 2.45) is 0 Å². The average molecular weight is 261 g/mol. The van der Waals surface area contributed by atoms with Crippen molar-refractivity contribution in [3.8, 4) is 0 Å². The smallest absolute Gasteiger partial charge is 0.339 e. The standard InChI is InChI=1S/C16H23NO2/c1-5-11-9-13(16(18)19-6-2)14(10(3)4)17-15(11)12-7-8-12/h9-10,12H,5-8H2,1-4H3. The predicted molar refractivity (Wildman–Crippen MR) is 75.6 cm³/mol. The molecule has 1 aromatic heterocycles. The van der Waals surface area contributed by atoms with E-state index in [1.54, 1.807) is 0 Å². The normalized spacial score (nSPS) is 14.8. The highest BCUT2D eigenvalue weighted by Gasteiger charge is 2.29. The van der Waals surface area contributed by atoms with Gasteiger partial charge in [-0.15, -0.1) is 0 Å². The van der Waals surface area contributed by atoms with Crippen molar-refractivity contribution >= 4 is 5.97 Å². The molecule has 3 heteroatoms. The summed E-state index contributed by atoms with van der Waals surface area (Å²) in [6.45, 7) is 8.51. The molecule has 0 aliphatic heterocycles. The van der Waals surface area contributed by atoms with Crippen LogP contribution in [-0.4, -0.2) is 17.6 Å². The minimum atomic E-state index is -0.240. The van der Waals surface area contributed by atoms with E-state index >= 15 is 0 Å². The molecule has 0 aromatic carbocycles. The average Bonchev–Trinajstić information content (AvgIpc) is 3.21. The molecule has 0 bridgehead atoms. The second kappa shape index (κ2) is 5.72. The maximum atomic E-state index is 12.1. The van der Waals surface area contributed by atoms with E-state index in [0.29, 0.717) is 18.1 Å². The molecule has 0 N–H and O–H groups in total. The number of rotatable bonds is 5. The Hall–Kier alpha value is -1.38.